The van der Waals surface area contributed by atoms with E-state index in [4.69, 9.17) is 0 Å². The second kappa shape index (κ2) is 28.1. The Bertz CT molecular complexity index is 1830. The number of unbranched alkanes of at least 4 members (excludes halogenated alkanes) is 16. The molecule has 0 bridgehead atoms. The molecular weight excluding hydrogens is 777 g/mol. The summed E-state index contributed by atoms with van der Waals surface area (Å²) in [6.45, 7) is 8.76. The van der Waals surface area contributed by atoms with Crippen LogP contribution in [0.15, 0.2) is 70.5 Å². The van der Waals surface area contributed by atoms with Crippen LogP contribution >= 0.6 is 0 Å². The Morgan fingerprint density at radius 1 is 0.386 bits per heavy atom. The molecular formula is C48H70CaO6S2. The largest absolute Gasteiger partial charge is 2.00 e. The number of hydrogen-bond donors (Lipinski definition) is 0. The van der Waals surface area contributed by atoms with E-state index in [0.29, 0.717) is 24.0 Å². The van der Waals surface area contributed by atoms with Crippen LogP contribution in [0, 0.1) is 0 Å². The molecule has 0 saturated heterocycles. The van der Waals surface area contributed by atoms with Crippen molar-refractivity contribution >= 4 is 79.5 Å². The van der Waals surface area contributed by atoms with Crippen molar-refractivity contribution in [1.82, 2.24) is 0 Å². The van der Waals surface area contributed by atoms with Gasteiger partial charge in [0.25, 0.3) is 0 Å². The van der Waals surface area contributed by atoms with Gasteiger partial charge in [-0.15, -0.1) is 0 Å². The van der Waals surface area contributed by atoms with Crippen LogP contribution in [0.2, 0.25) is 0 Å². The van der Waals surface area contributed by atoms with Crippen LogP contribution in [0.25, 0.3) is 21.5 Å². The van der Waals surface area contributed by atoms with Gasteiger partial charge >= 0.3 is 37.7 Å². The molecule has 0 fully saturated rings. The molecule has 0 N–H and O–H groups in total. The van der Waals surface area contributed by atoms with E-state index in [0.717, 1.165) is 96.9 Å². The molecule has 0 saturated carbocycles. The number of hydrogen-bond acceptors (Lipinski definition) is 6. The molecule has 0 spiro atoms. The van der Waals surface area contributed by atoms with Crippen LogP contribution in [-0.2, 0) is 45.9 Å². The zero-order valence-corrected chi connectivity index (χ0v) is 39.6. The normalized spacial score (nSPS) is 11.8. The summed E-state index contributed by atoms with van der Waals surface area (Å²) in [4.78, 5) is -0.0390. The van der Waals surface area contributed by atoms with E-state index in [-0.39, 0.29) is 47.5 Å². The van der Waals surface area contributed by atoms with Crippen LogP contribution in [0.4, 0.5) is 0 Å². The van der Waals surface area contributed by atoms with Crippen molar-refractivity contribution in [3.63, 3.8) is 0 Å². The minimum absolute atomic E-state index is 0. The van der Waals surface area contributed by atoms with E-state index >= 15 is 0 Å². The summed E-state index contributed by atoms with van der Waals surface area (Å²) in [6.07, 6.45) is 26.2. The van der Waals surface area contributed by atoms with E-state index in [1.165, 1.54) is 77.0 Å². The van der Waals surface area contributed by atoms with Crippen LogP contribution in [0.5, 0.6) is 0 Å². The van der Waals surface area contributed by atoms with E-state index in [2.05, 4.69) is 39.8 Å². The number of aryl methyl sites for hydroxylation is 4. The van der Waals surface area contributed by atoms with E-state index in [1.807, 2.05) is 36.4 Å². The van der Waals surface area contributed by atoms with Crippen LogP contribution in [-0.4, -0.2) is 63.7 Å². The van der Waals surface area contributed by atoms with Crippen molar-refractivity contribution in [3.8, 4) is 0 Å². The number of benzene rings is 4. The summed E-state index contributed by atoms with van der Waals surface area (Å²) >= 11 is 0. The molecule has 0 aliphatic rings. The topological polar surface area (TPSA) is 114 Å². The predicted octanol–water partition coefficient (Wildman–Crippen LogP) is 13.2. The van der Waals surface area contributed by atoms with Gasteiger partial charge in [0.1, 0.15) is 20.2 Å². The molecule has 0 atom stereocenters. The first-order valence-electron chi connectivity index (χ1n) is 21.9. The second-order valence-electron chi connectivity index (χ2n) is 15.8. The zero-order valence-electron chi connectivity index (χ0n) is 35.7. The van der Waals surface area contributed by atoms with E-state index < -0.39 is 20.2 Å². The number of rotatable bonds is 26. The first-order valence-corrected chi connectivity index (χ1v) is 24.8. The zero-order chi connectivity index (χ0) is 40.8. The van der Waals surface area contributed by atoms with Crippen molar-refractivity contribution in [2.45, 2.75) is 192 Å². The van der Waals surface area contributed by atoms with Gasteiger partial charge in [0.05, 0.1) is 9.79 Å². The molecule has 0 heterocycles. The molecule has 0 aliphatic heterocycles. The molecule has 0 amide bonds. The van der Waals surface area contributed by atoms with Gasteiger partial charge < -0.3 is 9.11 Å². The van der Waals surface area contributed by atoms with Gasteiger partial charge in [0, 0.05) is 0 Å². The Labute approximate surface area is 376 Å². The molecule has 9 heteroatoms. The fourth-order valence-corrected chi connectivity index (χ4v) is 9.29. The summed E-state index contributed by atoms with van der Waals surface area (Å²) in [6, 6.07) is 19.4. The van der Waals surface area contributed by atoms with Gasteiger partial charge in [-0.1, -0.05) is 167 Å². The maximum Gasteiger partial charge on any atom is 2.00 e. The molecule has 0 unspecified atom stereocenters. The molecule has 4 aromatic carbocycles. The first-order chi connectivity index (χ1) is 26.9. The second-order valence-corrected chi connectivity index (χ2v) is 18.5. The van der Waals surface area contributed by atoms with E-state index in [9.17, 15) is 25.9 Å². The van der Waals surface area contributed by atoms with Gasteiger partial charge in [-0.05, 0) is 119 Å². The summed E-state index contributed by atoms with van der Waals surface area (Å²) < 4.78 is 71.5. The maximum atomic E-state index is 11.9. The molecule has 6 nitrogen and oxygen atoms in total. The molecule has 312 valence electrons. The fourth-order valence-electron chi connectivity index (χ4n) is 7.80. The first kappa shape index (κ1) is 51.6. The Morgan fingerprint density at radius 3 is 0.947 bits per heavy atom. The van der Waals surface area contributed by atoms with Crippen molar-refractivity contribution in [3.05, 3.63) is 82.9 Å². The van der Waals surface area contributed by atoms with Gasteiger partial charge in [0.2, 0.25) is 0 Å². The molecule has 0 aliphatic carbocycles. The van der Waals surface area contributed by atoms with Crippen molar-refractivity contribution in [2.24, 2.45) is 0 Å². The molecule has 57 heavy (non-hydrogen) atoms. The van der Waals surface area contributed by atoms with Gasteiger partial charge in [-0.25, -0.2) is 16.8 Å². The van der Waals surface area contributed by atoms with Crippen LogP contribution in [0.3, 0.4) is 0 Å². The predicted molar refractivity (Wildman–Crippen MR) is 239 cm³/mol. The number of fused-ring (bicyclic) bond motifs is 2. The third kappa shape index (κ3) is 18.3. The third-order valence-corrected chi connectivity index (χ3v) is 12.9. The molecule has 0 radical (unpaired) electrons. The quantitative estimate of drug-likeness (QED) is 0.0353. The molecule has 4 rings (SSSR count). The Hall–Kier alpha value is -1.52. The maximum absolute atomic E-state index is 11.9. The average molecular weight is 847 g/mol. The van der Waals surface area contributed by atoms with Crippen molar-refractivity contribution in [2.75, 3.05) is 0 Å². The van der Waals surface area contributed by atoms with Crippen molar-refractivity contribution < 1.29 is 25.9 Å². The van der Waals surface area contributed by atoms with Gasteiger partial charge in [0.15, 0.2) is 0 Å². The average Bonchev–Trinajstić information content (AvgIpc) is 3.16. The third-order valence-electron chi connectivity index (χ3n) is 11.0. The van der Waals surface area contributed by atoms with Gasteiger partial charge in [-0.3, -0.25) is 0 Å². The summed E-state index contributed by atoms with van der Waals surface area (Å²) in [5.74, 6) is 0. The Kier molecular flexibility index (Phi) is 25.4. The summed E-state index contributed by atoms with van der Waals surface area (Å²) in [7, 11) is -8.94. The fraction of sp³-hybridized carbons (Fsp3) is 0.583. The van der Waals surface area contributed by atoms with Crippen molar-refractivity contribution in [1.29, 1.82) is 0 Å². The Balaban J connectivity index is 0.000000387. The minimum Gasteiger partial charge on any atom is -0.744 e. The smallest absolute Gasteiger partial charge is 0.744 e. The van der Waals surface area contributed by atoms with Crippen LogP contribution in [0.1, 0.15) is 178 Å². The van der Waals surface area contributed by atoms with E-state index in [1.54, 1.807) is 12.1 Å². The summed E-state index contributed by atoms with van der Waals surface area (Å²) in [5, 5.41) is 3.92. The SMILES string of the molecule is CCCCCCCc1cc2cccc(CCCCCCC)c2cc1S(=O)(=O)[O-].CCCCCCCc1cc2cccc(CCCCCCC)c2cc1S(=O)(=O)[O-].[Ca+2]. The minimum atomic E-state index is -4.47. The molecule has 0 aromatic heterocycles. The monoisotopic (exact) mass is 846 g/mol. The Morgan fingerprint density at radius 2 is 0.667 bits per heavy atom. The van der Waals surface area contributed by atoms with Crippen LogP contribution < -0.4 is 0 Å². The summed E-state index contributed by atoms with van der Waals surface area (Å²) in [5.41, 5.74) is 3.65. The molecule has 4 aromatic rings. The van der Waals surface area contributed by atoms with Gasteiger partial charge in [-0.2, -0.15) is 0 Å². The standard InChI is InChI=1S/2C24H36O3S.Ca/c2*1-3-5-7-9-11-14-20-16-13-17-21-18-22(15-12-10-8-6-4-2)24(19-23(20)21)28(25,26)27;/h2*13,16-19H,3-12,14-15H2,1-2H3,(H,25,26,27);/q;;+2/p-2.